The van der Waals surface area contributed by atoms with E-state index in [1.807, 2.05) is 0 Å². The van der Waals surface area contributed by atoms with Crippen LogP contribution in [-0.4, -0.2) is 23.7 Å². The Kier molecular flexibility index (Phi) is 5.04. The van der Waals surface area contributed by atoms with Crippen LogP contribution in [0.3, 0.4) is 0 Å². The fourth-order valence-electron chi connectivity index (χ4n) is 3.44. The zero-order chi connectivity index (χ0) is 13.0. The number of nitrogens with one attached hydrogen (secondary N) is 1. The van der Waals surface area contributed by atoms with E-state index in [9.17, 15) is 9.90 Å². The summed E-state index contributed by atoms with van der Waals surface area (Å²) in [6.45, 7) is 3.14. The van der Waals surface area contributed by atoms with Crippen molar-refractivity contribution in [2.24, 2.45) is 17.8 Å². The summed E-state index contributed by atoms with van der Waals surface area (Å²) in [6.07, 6.45) is 9.71. The summed E-state index contributed by atoms with van der Waals surface area (Å²) in [7, 11) is 0. The molecule has 0 aromatic rings. The summed E-state index contributed by atoms with van der Waals surface area (Å²) in [6, 6.07) is 0.548. The van der Waals surface area contributed by atoms with E-state index in [1.165, 1.54) is 32.1 Å². The van der Waals surface area contributed by atoms with Crippen LogP contribution in [0, 0.1) is 17.8 Å². The van der Waals surface area contributed by atoms with Crippen molar-refractivity contribution < 1.29 is 9.90 Å². The third kappa shape index (κ3) is 3.71. The van der Waals surface area contributed by atoms with Crippen molar-refractivity contribution in [3.8, 4) is 0 Å². The summed E-state index contributed by atoms with van der Waals surface area (Å²) in [4.78, 5) is 11.2. The van der Waals surface area contributed by atoms with Crippen LogP contribution in [0.4, 0.5) is 0 Å². The van der Waals surface area contributed by atoms with Gasteiger partial charge < -0.3 is 10.4 Å². The molecule has 0 aromatic heterocycles. The molecule has 18 heavy (non-hydrogen) atoms. The van der Waals surface area contributed by atoms with Crippen LogP contribution in [0.15, 0.2) is 0 Å². The van der Waals surface area contributed by atoms with Gasteiger partial charge in [-0.3, -0.25) is 4.79 Å². The topological polar surface area (TPSA) is 49.3 Å². The van der Waals surface area contributed by atoms with E-state index in [0.717, 1.165) is 31.7 Å². The largest absolute Gasteiger partial charge is 0.481 e. The summed E-state index contributed by atoms with van der Waals surface area (Å²) in [5, 5.41) is 12.8. The quantitative estimate of drug-likeness (QED) is 0.765. The predicted molar refractivity (Wildman–Crippen MR) is 72.5 cm³/mol. The van der Waals surface area contributed by atoms with Gasteiger partial charge in [0.1, 0.15) is 0 Å². The molecule has 3 heteroatoms. The maximum absolute atomic E-state index is 11.2. The molecule has 3 nitrogen and oxygen atoms in total. The van der Waals surface area contributed by atoms with E-state index < -0.39 is 5.97 Å². The molecule has 0 bridgehead atoms. The van der Waals surface area contributed by atoms with Crippen molar-refractivity contribution in [3.63, 3.8) is 0 Å². The van der Waals surface area contributed by atoms with Crippen LogP contribution in [-0.2, 0) is 4.79 Å². The fraction of sp³-hybridized carbons (Fsp3) is 0.933. The molecule has 0 spiro atoms. The van der Waals surface area contributed by atoms with Crippen LogP contribution in [0.2, 0.25) is 0 Å². The Balaban J connectivity index is 1.71. The molecule has 2 saturated carbocycles. The molecule has 0 aliphatic heterocycles. The zero-order valence-corrected chi connectivity index (χ0v) is 11.5. The second-order valence-electron chi connectivity index (χ2n) is 6.33. The molecular weight excluding hydrogens is 226 g/mol. The summed E-state index contributed by atoms with van der Waals surface area (Å²) in [5.41, 5.74) is 0. The number of carboxylic acid groups (broad SMARTS) is 1. The molecule has 0 radical (unpaired) electrons. The molecule has 104 valence electrons. The van der Waals surface area contributed by atoms with Gasteiger partial charge in [-0.15, -0.1) is 0 Å². The summed E-state index contributed by atoms with van der Waals surface area (Å²) in [5.74, 6) is 0.574. The molecule has 2 fully saturated rings. The first-order valence-electron chi connectivity index (χ1n) is 7.63. The molecule has 3 unspecified atom stereocenters. The van der Waals surface area contributed by atoms with E-state index in [-0.39, 0.29) is 5.92 Å². The number of hydrogen-bond donors (Lipinski definition) is 2. The second-order valence-corrected chi connectivity index (χ2v) is 6.33. The van der Waals surface area contributed by atoms with Gasteiger partial charge in [-0.2, -0.15) is 0 Å². The van der Waals surface area contributed by atoms with Gasteiger partial charge >= 0.3 is 5.97 Å². The molecule has 0 aromatic carbocycles. The highest BCUT2D eigenvalue weighted by Crippen LogP contribution is 2.32. The smallest absolute Gasteiger partial charge is 0.306 e. The minimum atomic E-state index is -0.590. The highest BCUT2D eigenvalue weighted by Gasteiger charge is 2.30. The maximum Gasteiger partial charge on any atom is 0.306 e. The van der Waals surface area contributed by atoms with Crippen LogP contribution < -0.4 is 5.32 Å². The Morgan fingerprint density at radius 2 is 1.94 bits per heavy atom. The average Bonchev–Trinajstić information content (AvgIpc) is 2.31. The zero-order valence-electron chi connectivity index (χ0n) is 11.5. The Hall–Kier alpha value is -0.570. The molecule has 2 aliphatic carbocycles. The molecule has 2 aliphatic rings. The van der Waals surface area contributed by atoms with Gasteiger partial charge in [-0.05, 0) is 44.6 Å². The number of hydrogen-bond acceptors (Lipinski definition) is 2. The van der Waals surface area contributed by atoms with Gasteiger partial charge in [-0.1, -0.05) is 32.1 Å². The minimum absolute atomic E-state index is 0.109. The average molecular weight is 253 g/mol. The van der Waals surface area contributed by atoms with Crippen molar-refractivity contribution >= 4 is 5.97 Å². The molecule has 2 N–H and O–H groups in total. The molecular formula is C15H27NO2. The molecule has 3 atom stereocenters. The molecule has 0 amide bonds. The Bertz CT molecular complexity index is 276. The Morgan fingerprint density at radius 1 is 1.22 bits per heavy atom. The molecule has 0 saturated heterocycles. The first kappa shape index (κ1) is 13.9. The SMILES string of the molecule is CC(CC1CCC1)NCC1CCCCC1C(=O)O. The standard InChI is InChI=1S/C15H27NO2/c1-11(9-12-5-4-6-12)16-10-13-7-2-3-8-14(13)15(17)18/h11-14,16H,2-10H2,1H3,(H,17,18). The van der Waals surface area contributed by atoms with Gasteiger partial charge in [0.2, 0.25) is 0 Å². The number of carbonyl (C=O) groups is 1. The lowest BCUT2D eigenvalue weighted by Crippen LogP contribution is -2.39. The van der Waals surface area contributed by atoms with Crippen molar-refractivity contribution in [1.29, 1.82) is 0 Å². The molecule has 2 rings (SSSR count). The van der Waals surface area contributed by atoms with E-state index in [0.29, 0.717) is 12.0 Å². The van der Waals surface area contributed by atoms with Crippen molar-refractivity contribution in [2.75, 3.05) is 6.54 Å². The van der Waals surface area contributed by atoms with Gasteiger partial charge in [0.25, 0.3) is 0 Å². The first-order chi connectivity index (χ1) is 8.66. The third-order valence-electron chi connectivity index (χ3n) is 4.87. The van der Waals surface area contributed by atoms with E-state index in [1.54, 1.807) is 0 Å². The van der Waals surface area contributed by atoms with E-state index in [2.05, 4.69) is 12.2 Å². The van der Waals surface area contributed by atoms with Gasteiger partial charge in [-0.25, -0.2) is 0 Å². The Morgan fingerprint density at radius 3 is 2.56 bits per heavy atom. The Labute approximate surface area is 110 Å². The minimum Gasteiger partial charge on any atom is -0.481 e. The monoisotopic (exact) mass is 253 g/mol. The van der Waals surface area contributed by atoms with Crippen LogP contribution in [0.1, 0.15) is 58.3 Å². The highest BCUT2D eigenvalue weighted by atomic mass is 16.4. The van der Waals surface area contributed by atoms with Crippen molar-refractivity contribution in [2.45, 2.75) is 64.3 Å². The van der Waals surface area contributed by atoms with Crippen LogP contribution in [0.25, 0.3) is 0 Å². The maximum atomic E-state index is 11.2. The number of aliphatic carboxylic acids is 1. The highest BCUT2D eigenvalue weighted by molar-refractivity contribution is 5.70. The number of carboxylic acids is 1. The van der Waals surface area contributed by atoms with E-state index >= 15 is 0 Å². The number of rotatable bonds is 6. The van der Waals surface area contributed by atoms with Gasteiger partial charge in [0.15, 0.2) is 0 Å². The first-order valence-corrected chi connectivity index (χ1v) is 7.63. The molecule has 0 heterocycles. The van der Waals surface area contributed by atoms with Crippen LogP contribution in [0.5, 0.6) is 0 Å². The van der Waals surface area contributed by atoms with Crippen molar-refractivity contribution in [1.82, 2.24) is 5.32 Å². The third-order valence-corrected chi connectivity index (χ3v) is 4.87. The lowest BCUT2D eigenvalue weighted by atomic mass is 9.78. The summed E-state index contributed by atoms with van der Waals surface area (Å²) >= 11 is 0. The normalized spacial score (nSPS) is 30.7. The van der Waals surface area contributed by atoms with E-state index in [4.69, 9.17) is 0 Å². The lowest BCUT2D eigenvalue weighted by molar-refractivity contribution is -0.144. The van der Waals surface area contributed by atoms with Crippen molar-refractivity contribution in [3.05, 3.63) is 0 Å². The van der Waals surface area contributed by atoms with Gasteiger partial charge in [0.05, 0.1) is 5.92 Å². The van der Waals surface area contributed by atoms with Crippen LogP contribution >= 0.6 is 0 Å². The van der Waals surface area contributed by atoms with Gasteiger partial charge in [0, 0.05) is 6.04 Å². The fourth-order valence-corrected chi connectivity index (χ4v) is 3.44. The second kappa shape index (κ2) is 6.55. The summed E-state index contributed by atoms with van der Waals surface area (Å²) < 4.78 is 0. The predicted octanol–water partition coefficient (Wildman–Crippen LogP) is 3.05. The lowest BCUT2D eigenvalue weighted by Gasteiger charge is -2.32.